The number of hydrogen-bond donors (Lipinski definition) is 7. The van der Waals surface area contributed by atoms with Crippen LogP contribution in [0, 0.1) is 0 Å². The molecule has 0 aromatic heterocycles. The van der Waals surface area contributed by atoms with Crippen LogP contribution in [0.5, 0.6) is 0 Å². The molecule has 5 atom stereocenters. The molecule has 0 amide bonds. The Labute approximate surface area is 122 Å². The summed E-state index contributed by atoms with van der Waals surface area (Å²) in [5.41, 5.74) is 3.53. The van der Waals surface area contributed by atoms with Crippen LogP contribution in [0.4, 0.5) is 0 Å². The van der Waals surface area contributed by atoms with Gasteiger partial charge in [0, 0.05) is 0 Å². The molecule has 0 saturated carbocycles. The van der Waals surface area contributed by atoms with Crippen molar-refractivity contribution >= 4 is 5.97 Å². The second-order valence-electron chi connectivity index (χ2n) is 5.14. The normalized spacial score (nSPS) is 34.0. The lowest BCUT2D eigenvalue weighted by molar-refractivity contribution is -0.158. The van der Waals surface area contributed by atoms with E-state index in [2.05, 4.69) is 5.32 Å². The van der Waals surface area contributed by atoms with Gasteiger partial charge in [-0.3, -0.25) is 10.1 Å². The van der Waals surface area contributed by atoms with Crippen LogP contribution in [0.15, 0.2) is 0 Å². The van der Waals surface area contributed by atoms with Gasteiger partial charge in [0.2, 0.25) is 0 Å². The molecule has 9 heteroatoms. The highest BCUT2D eigenvalue weighted by atomic mass is 16.6. The van der Waals surface area contributed by atoms with Crippen LogP contribution in [0.2, 0.25) is 0 Å². The molecule has 1 saturated heterocycles. The maximum Gasteiger partial charge on any atom is 0.320 e. The molecule has 1 fully saturated rings. The van der Waals surface area contributed by atoms with E-state index in [9.17, 15) is 25.2 Å². The smallest absolute Gasteiger partial charge is 0.320 e. The minimum absolute atomic E-state index is 0.226. The van der Waals surface area contributed by atoms with Crippen molar-refractivity contribution in [3.05, 3.63) is 0 Å². The van der Waals surface area contributed by atoms with E-state index in [1.807, 2.05) is 0 Å². The fraction of sp³-hybridized carbons (Fsp3) is 0.917. The molecular weight excluding hydrogens is 284 g/mol. The van der Waals surface area contributed by atoms with Crippen molar-refractivity contribution in [2.24, 2.45) is 5.73 Å². The molecule has 1 aliphatic rings. The summed E-state index contributed by atoms with van der Waals surface area (Å²) in [5.74, 6) is -1.17. The molecule has 0 aromatic rings. The number of unbranched alkanes of at least 4 members (excludes halogenated alkanes) is 1. The molecule has 0 aliphatic carbocycles. The topological polar surface area (TPSA) is 166 Å². The minimum Gasteiger partial charge on any atom is -0.480 e. The number of aliphatic hydroxyl groups is 4. The number of aliphatic hydroxyl groups excluding tert-OH is 4. The molecule has 8 N–H and O–H groups in total. The Hall–Kier alpha value is -0.810. The van der Waals surface area contributed by atoms with Crippen LogP contribution in [-0.4, -0.2) is 81.3 Å². The summed E-state index contributed by atoms with van der Waals surface area (Å²) in [7, 11) is 0. The molecule has 1 heterocycles. The summed E-state index contributed by atoms with van der Waals surface area (Å²) < 4.78 is 5.26. The van der Waals surface area contributed by atoms with Crippen LogP contribution in [-0.2, 0) is 9.53 Å². The highest BCUT2D eigenvalue weighted by molar-refractivity contribution is 5.73. The maximum absolute atomic E-state index is 11.3. The van der Waals surface area contributed by atoms with Gasteiger partial charge in [0.25, 0.3) is 0 Å². The van der Waals surface area contributed by atoms with Crippen LogP contribution < -0.4 is 11.1 Å². The predicted molar refractivity (Wildman–Crippen MR) is 71.3 cm³/mol. The summed E-state index contributed by atoms with van der Waals surface area (Å²) >= 11 is 0. The summed E-state index contributed by atoms with van der Waals surface area (Å²) in [6.45, 7) is -0.878. The van der Waals surface area contributed by atoms with Crippen molar-refractivity contribution in [3.8, 4) is 0 Å². The van der Waals surface area contributed by atoms with Gasteiger partial charge in [0.05, 0.1) is 13.2 Å². The molecule has 21 heavy (non-hydrogen) atoms. The molecule has 0 bridgehead atoms. The third-order valence-electron chi connectivity index (χ3n) is 3.62. The highest BCUT2D eigenvalue weighted by Crippen LogP contribution is 2.29. The van der Waals surface area contributed by atoms with E-state index < -0.39 is 49.3 Å². The van der Waals surface area contributed by atoms with Gasteiger partial charge in [-0.1, -0.05) is 6.42 Å². The van der Waals surface area contributed by atoms with Crippen molar-refractivity contribution in [1.82, 2.24) is 5.32 Å². The van der Waals surface area contributed by atoms with Crippen LogP contribution in [0.3, 0.4) is 0 Å². The lowest BCUT2D eigenvalue weighted by Gasteiger charge is -2.34. The summed E-state index contributed by atoms with van der Waals surface area (Å²) in [6.07, 6.45) is -2.67. The first-order valence-corrected chi connectivity index (χ1v) is 6.88. The third-order valence-corrected chi connectivity index (χ3v) is 3.62. The largest absolute Gasteiger partial charge is 0.480 e. The number of carboxylic acids is 1. The van der Waals surface area contributed by atoms with E-state index >= 15 is 0 Å². The summed E-state index contributed by atoms with van der Waals surface area (Å²) in [6, 6.07) is -1.08. The number of carboxylic acid groups (broad SMARTS) is 1. The first-order valence-electron chi connectivity index (χ1n) is 6.88. The fourth-order valence-corrected chi connectivity index (χ4v) is 2.37. The number of aliphatic carboxylic acids is 1. The third kappa shape index (κ3) is 4.10. The zero-order valence-electron chi connectivity index (χ0n) is 11.7. The number of nitrogens with two attached hydrogens (primary N) is 1. The zero-order valence-corrected chi connectivity index (χ0v) is 11.7. The molecule has 9 nitrogen and oxygen atoms in total. The second-order valence-corrected chi connectivity index (χ2v) is 5.14. The number of carbonyl (C=O) groups is 1. The Kier molecular flexibility index (Phi) is 6.94. The van der Waals surface area contributed by atoms with Gasteiger partial charge in [-0.2, -0.15) is 0 Å². The van der Waals surface area contributed by atoms with E-state index in [4.69, 9.17) is 15.6 Å². The van der Waals surface area contributed by atoms with E-state index in [-0.39, 0.29) is 6.42 Å². The lowest BCUT2D eigenvalue weighted by Crippen LogP contribution is -2.62. The Bertz CT molecular complexity index is 344. The van der Waals surface area contributed by atoms with Crippen molar-refractivity contribution < 1.29 is 35.1 Å². The SMILES string of the molecule is NCCCCC(NC1(CO)O[C@H](CO)[C@@H](O)[C@@H]1O)C(=O)O. The second kappa shape index (κ2) is 7.99. The van der Waals surface area contributed by atoms with Crippen molar-refractivity contribution in [3.63, 3.8) is 0 Å². The molecule has 1 aliphatic heterocycles. The van der Waals surface area contributed by atoms with Crippen molar-refractivity contribution in [1.29, 1.82) is 0 Å². The Morgan fingerprint density at radius 3 is 2.43 bits per heavy atom. The average molecular weight is 308 g/mol. The molecule has 2 unspecified atom stereocenters. The number of ether oxygens (including phenoxy) is 1. The molecule has 0 spiro atoms. The number of rotatable bonds is 9. The van der Waals surface area contributed by atoms with Gasteiger partial charge in [-0.25, -0.2) is 0 Å². The first kappa shape index (κ1) is 18.2. The van der Waals surface area contributed by atoms with E-state index in [0.29, 0.717) is 19.4 Å². The first-order chi connectivity index (χ1) is 9.91. The van der Waals surface area contributed by atoms with Crippen LogP contribution in [0.25, 0.3) is 0 Å². The van der Waals surface area contributed by atoms with E-state index in [1.54, 1.807) is 0 Å². The highest BCUT2D eigenvalue weighted by Gasteiger charge is 2.54. The minimum atomic E-state index is -1.82. The Balaban J connectivity index is 2.80. The number of nitrogens with one attached hydrogen (secondary N) is 1. The monoisotopic (exact) mass is 308 g/mol. The van der Waals surface area contributed by atoms with Gasteiger partial charge in [0.1, 0.15) is 24.4 Å². The van der Waals surface area contributed by atoms with E-state index in [1.165, 1.54) is 0 Å². The Morgan fingerprint density at radius 1 is 1.33 bits per heavy atom. The molecule has 0 aromatic carbocycles. The fourth-order valence-electron chi connectivity index (χ4n) is 2.37. The Morgan fingerprint density at radius 2 is 2.00 bits per heavy atom. The van der Waals surface area contributed by atoms with E-state index in [0.717, 1.165) is 0 Å². The molecule has 1 rings (SSSR count). The number of hydrogen-bond acceptors (Lipinski definition) is 8. The van der Waals surface area contributed by atoms with Gasteiger partial charge in [-0.15, -0.1) is 0 Å². The molecule has 0 radical (unpaired) electrons. The standard InChI is InChI=1S/C12H24N2O7/c13-4-2-1-3-7(11(19)20)14-12(6-16)10(18)9(17)8(5-15)21-12/h7-10,14-18H,1-6,13H2,(H,19,20)/t7?,8-,9-,10+,12?/m1/s1. The van der Waals surface area contributed by atoms with Crippen molar-refractivity contribution in [2.75, 3.05) is 19.8 Å². The lowest BCUT2D eigenvalue weighted by atomic mass is 10.0. The van der Waals surface area contributed by atoms with Crippen LogP contribution >= 0.6 is 0 Å². The van der Waals surface area contributed by atoms with Gasteiger partial charge in [0.15, 0.2) is 5.72 Å². The molecule has 124 valence electrons. The average Bonchev–Trinajstić information content (AvgIpc) is 2.71. The summed E-state index contributed by atoms with van der Waals surface area (Å²) in [4.78, 5) is 11.3. The maximum atomic E-state index is 11.3. The van der Waals surface area contributed by atoms with Gasteiger partial charge < -0.3 is 36.0 Å². The van der Waals surface area contributed by atoms with Gasteiger partial charge >= 0.3 is 5.97 Å². The zero-order chi connectivity index (χ0) is 16.0. The molecular formula is C12H24N2O7. The van der Waals surface area contributed by atoms with Crippen molar-refractivity contribution in [2.45, 2.75) is 49.3 Å². The predicted octanol–water partition coefficient (Wildman–Crippen LogP) is -3.04. The quantitative estimate of drug-likeness (QED) is 0.219. The van der Waals surface area contributed by atoms with Gasteiger partial charge in [-0.05, 0) is 19.4 Å². The summed E-state index contributed by atoms with van der Waals surface area (Å²) in [5, 5.41) is 50.0. The van der Waals surface area contributed by atoms with Crippen LogP contribution in [0.1, 0.15) is 19.3 Å².